The van der Waals surface area contributed by atoms with Gasteiger partial charge < -0.3 is 5.11 Å². The second-order valence-corrected chi connectivity index (χ2v) is 3.89. The number of nitro groups is 1. The molecular weight excluding hydrogens is 281 g/mol. The average Bonchev–Trinajstić information content (AvgIpc) is 2.81. The van der Waals surface area contributed by atoms with Crippen molar-refractivity contribution in [3.8, 4) is 5.69 Å². The van der Waals surface area contributed by atoms with E-state index in [0.29, 0.717) is 6.07 Å². The van der Waals surface area contributed by atoms with Crippen molar-refractivity contribution < 1.29 is 19.2 Å². The number of carboxylic acids is 1. The summed E-state index contributed by atoms with van der Waals surface area (Å²) in [6, 6.07) is 1.69. The second-order valence-electron chi connectivity index (χ2n) is 3.48. The zero-order chi connectivity index (χ0) is 14.2. The summed E-state index contributed by atoms with van der Waals surface area (Å²) in [4.78, 5) is 24.3. The van der Waals surface area contributed by atoms with Gasteiger partial charge in [-0.25, -0.2) is 14.2 Å². The van der Waals surface area contributed by atoms with E-state index in [1.165, 1.54) is 0 Å². The summed E-state index contributed by atoms with van der Waals surface area (Å²) >= 11 is 5.56. The number of nitrogens with zero attached hydrogens (tertiary/aromatic N) is 3. The number of hydrogen-bond donors (Lipinski definition) is 1. The van der Waals surface area contributed by atoms with Crippen LogP contribution in [0.3, 0.4) is 0 Å². The summed E-state index contributed by atoms with van der Waals surface area (Å²) < 4.78 is 14.3. The van der Waals surface area contributed by atoms with Gasteiger partial charge in [-0.15, -0.1) is 0 Å². The quantitative estimate of drug-likeness (QED) is 0.689. The number of imidazole rings is 1. The summed E-state index contributed by atoms with van der Waals surface area (Å²) in [5.41, 5.74) is -0.914. The van der Waals surface area contributed by atoms with Crippen LogP contribution in [-0.2, 0) is 0 Å². The van der Waals surface area contributed by atoms with Crippen molar-refractivity contribution in [2.45, 2.75) is 0 Å². The van der Waals surface area contributed by atoms with Gasteiger partial charge in [0, 0.05) is 6.20 Å². The first-order valence-electron chi connectivity index (χ1n) is 4.81. The third-order valence-electron chi connectivity index (χ3n) is 2.29. The first kappa shape index (κ1) is 13.0. The Kier molecular flexibility index (Phi) is 3.17. The van der Waals surface area contributed by atoms with Gasteiger partial charge in [0.2, 0.25) is 0 Å². The Morgan fingerprint density at radius 2 is 2.21 bits per heavy atom. The fourth-order valence-electron chi connectivity index (χ4n) is 1.44. The molecule has 0 aliphatic carbocycles. The van der Waals surface area contributed by atoms with Crippen LogP contribution in [0.15, 0.2) is 24.7 Å². The Morgan fingerprint density at radius 3 is 2.74 bits per heavy atom. The molecule has 1 heterocycles. The number of rotatable bonds is 3. The minimum absolute atomic E-state index is 0.0728. The highest BCUT2D eigenvalue weighted by molar-refractivity contribution is 6.31. The van der Waals surface area contributed by atoms with Crippen molar-refractivity contribution in [2.24, 2.45) is 0 Å². The van der Waals surface area contributed by atoms with E-state index in [1.807, 2.05) is 0 Å². The van der Waals surface area contributed by atoms with Crippen molar-refractivity contribution in [2.75, 3.05) is 0 Å². The Morgan fingerprint density at radius 1 is 1.53 bits per heavy atom. The van der Waals surface area contributed by atoms with Gasteiger partial charge in [0.25, 0.3) is 5.69 Å². The van der Waals surface area contributed by atoms with Crippen LogP contribution >= 0.6 is 11.6 Å². The van der Waals surface area contributed by atoms with E-state index in [4.69, 9.17) is 16.7 Å². The standard InChI is InChI=1S/C10H5ClFN3O4/c11-5-1-8(9(15(18)19)2-6(5)12)14-3-7(10(16)17)13-4-14/h1-4H,(H,16,17). The molecule has 0 aliphatic rings. The number of carbonyl (C=O) groups is 1. The normalized spacial score (nSPS) is 10.4. The fourth-order valence-corrected chi connectivity index (χ4v) is 1.60. The van der Waals surface area contributed by atoms with Crippen molar-refractivity contribution >= 4 is 23.3 Å². The monoisotopic (exact) mass is 285 g/mol. The largest absolute Gasteiger partial charge is 0.476 e. The first-order valence-corrected chi connectivity index (χ1v) is 5.19. The molecule has 98 valence electrons. The molecule has 0 saturated heterocycles. The molecule has 19 heavy (non-hydrogen) atoms. The van der Waals surface area contributed by atoms with E-state index < -0.39 is 22.4 Å². The molecule has 9 heteroatoms. The maximum absolute atomic E-state index is 13.2. The van der Waals surface area contributed by atoms with Crippen LogP contribution in [0.1, 0.15) is 10.5 Å². The minimum Gasteiger partial charge on any atom is -0.476 e. The summed E-state index contributed by atoms with van der Waals surface area (Å²) in [6.45, 7) is 0. The van der Waals surface area contributed by atoms with Crippen LogP contribution in [0.5, 0.6) is 0 Å². The molecule has 2 rings (SSSR count). The smallest absolute Gasteiger partial charge is 0.356 e. The Bertz CT molecular complexity index is 685. The third-order valence-corrected chi connectivity index (χ3v) is 2.58. The molecule has 0 spiro atoms. The van der Waals surface area contributed by atoms with Crippen molar-refractivity contribution in [1.29, 1.82) is 0 Å². The van der Waals surface area contributed by atoms with Crippen LogP contribution in [-0.4, -0.2) is 25.6 Å². The van der Waals surface area contributed by atoms with E-state index in [0.717, 1.165) is 23.2 Å². The van der Waals surface area contributed by atoms with Crippen LogP contribution in [0, 0.1) is 15.9 Å². The van der Waals surface area contributed by atoms with Crippen LogP contribution < -0.4 is 0 Å². The molecule has 0 radical (unpaired) electrons. The van der Waals surface area contributed by atoms with Crippen molar-refractivity contribution in [3.05, 3.63) is 51.3 Å². The Hall–Kier alpha value is -2.48. The van der Waals surface area contributed by atoms with Gasteiger partial charge >= 0.3 is 5.97 Å². The second kappa shape index (κ2) is 4.65. The Labute approximate surface area is 110 Å². The summed E-state index contributed by atoms with van der Waals surface area (Å²) in [5.74, 6) is -2.22. The number of aromatic carboxylic acids is 1. The molecule has 0 amide bonds. The van der Waals surface area contributed by atoms with Gasteiger partial charge in [-0.1, -0.05) is 11.6 Å². The van der Waals surface area contributed by atoms with E-state index in [1.54, 1.807) is 0 Å². The SMILES string of the molecule is O=C(O)c1cn(-c2cc(Cl)c(F)cc2[N+](=O)[O-])cn1. The molecule has 0 saturated carbocycles. The van der Waals surface area contributed by atoms with E-state index in [-0.39, 0.29) is 16.4 Å². The number of halogens is 2. The molecule has 7 nitrogen and oxygen atoms in total. The first-order chi connectivity index (χ1) is 8.90. The predicted octanol–water partition coefficient (Wildman–Crippen LogP) is 2.27. The van der Waals surface area contributed by atoms with Crippen LogP contribution in [0.4, 0.5) is 10.1 Å². The van der Waals surface area contributed by atoms with Gasteiger partial charge in [-0.3, -0.25) is 14.7 Å². The lowest BCUT2D eigenvalue weighted by Gasteiger charge is -2.04. The molecule has 0 bridgehead atoms. The zero-order valence-electron chi connectivity index (χ0n) is 9.08. The third kappa shape index (κ3) is 2.38. The number of aromatic nitrogens is 2. The molecular formula is C10H5ClFN3O4. The molecule has 0 fully saturated rings. The lowest BCUT2D eigenvalue weighted by molar-refractivity contribution is -0.384. The van der Waals surface area contributed by atoms with Crippen molar-refractivity contribution in [1.82, 2.24) is 9.55 Å². The number of benzene rings is 1. The number of hydrogen-bond acceptors (Lipinski definition) is 4. The molecule has 1 N–H and O–H groups in total. The van der Waals surface area contributed by atoms with Crippen LogP contribution in [0.2, 0.25) is 5.02 Å². The van der Waals surface area contributed by atoms with Gasteiger partial charge in [0.15, 0.2) is 5.69 Å². The number of carboxylic acid groups (broad SMARTS) is 1. The van der Waals surface area contributed by atoms with Gasteiger partial charge in [-0.05, 0) is 6.07 Å². The molecule has 2 aromatic rings. The molecule has 0 unspecified atom stereocenters. The van der Waals surface area contributed by atoms with Crippen LogP contribution in [0.25, 0.3) is 5.69 Å². The highest BCUT2D eigenvalue weighted by Gasteiger charge is 2.20. The van der Waals surface area contributed by atoms with Crippen molar-refractivity contribution in [3.63, 3.8) is 0 Å². The minimum atomic E-state index is -1.28. The lowest BCUT2D eigenvalue weighted by atomic mass is 10.2. The van der Waals surface area contributed by atoms with E-state index in [9.17, 15) is 19.3 Å². The van der Waals surface area contributed by atoms with Gasteiger partial charge in [-0.2, -0.15) is 0 Å². The molecule has 1 aromatic heterocycles. The fraction of sp³-hybridized carbons (Fsp3) is 0. The summed E-state index contributed by atoms with van der Waals surface area (Å²) in [5, 5.41) is 19.3. The number of nitro benzene ring substituents is 1. The molecule has 0 atom stereocenters. The maximum Gasteiger partial charge on any atom is 0.356 e. The Balaban J connectivity index is 2.62. The van der Waals surface area contributed by atoms with E-state index >= 15 is 0 Å². The molecule has 0 aliphatic heterocycles. The molecule has 1 aromatic carbocycles. The summed E-state index contributed by atoms with van der Waals surface area (Å²) in [6.07, 6.45) is 2.14. The predicted molar refractivity (Wildman–Crippen MR) is 62.1 cm³/mol. The average molecular weight is 286 g/mol. The highest BCUT2D eigenvalue weighted by Crippen LogP contribution is 2.29. The lowest BCUT2D eigenvalue weighted by Crippen LogP contribution is -2.00. The maximum atomic E-state index is 13.2. The highest BCUT2D eigenvalue weighted by atomic mass is 35.5. The zero-order valence-corrected chi connectivity index (χ0v) is 9.83. The van der Waals surface area contributed by atoms with Gasteiger partial charge in [0.05, 0.1) is 16.0 Å². The van der Waals surface area contributed by atoms with Gasteiger partial charge in [0.1, 0.15) is 17.8 Å². The van der Waals surface area contributed by atoms with E-state index in [2.05, 4.69) is 4.98 Å². The topological polar surface area (TPSA) is 98.3 Å². The summed E-state index contributed by atoms with van der Waals surface area (Å²) in [7, 11) is 0.